The number of hydrogen-bond acceptors (Lipinski definition) is 5. The van der Waals surface area contributed by atoms with E-state index in [2.05, 4.69) is 21.7 Å². The van der Waals surface area contributed by atoms with Crippen LogP contribution < -0.4 is 20.1 Å². The molecule has 0 saturated heterocycles. The van der Waals surface area contributed by atoms with Gasteiger partial charge in [-0.15, -0.1) is 0 Å². The quantitative estimate of drug-likeness (QED) is 0.304. The van der Waals surface area contributed by atoms with Crippen molar-refractivity contribution >= 4 is 5.96 Å². The highest BCUT2D eigenvalue weighted by Crippen LogP contribution is 2.28. The first-order chi connectivity index (χ1) is 14.0. The maximum atomic E-state index is 10.5. The van der Waals surface area contributed by atoms with E-state index in [9.17, 15) is 5.11 Å². The van der Waals surface area contributed by atoms with Crippen molar-refractivity contribution in [3.05, 3.63) is 47.9 Å². The third-order valence-corrected chi connectivity index (χ3v) is 4.40. The molecule has 3 N–H and O–H groups in total. The highest BCUT2D eigenvalue weighted by atomic mass is 16.5. The topological polar surface area (TPSA) is 88.3 Å². The van der Waals surface area contributed by atoms with Gasteiger partial charge in [0.2, 0.25) is 0 Å². The van der Waals surface area contributed by atoms with Crippen LogP contribution in [0.15, 0.2) is 46.0 Å². The van der Waals surface area contributed by atoms with Gasteiger partial charge in [-0.3, -0.25) is 0 Å². The molecule has 1 aromatic heterocycles. The molecular weight excluding hydrogens is 370 g/mol. The lowest BCUT2D eigenvalue weighted by molar-refractivity contribution is 0.0437. The van der Waals surface area contributed by atoms with Crippen LogP contribution in [0.3, 0.4) is 0 Å². The fourth-order valence-electron chi connectivity index (χ4n) is 2.88. The molecule has 0 amide bonds. The molecule has 7 heteroatoms. The number of furan rings is 1. The van der Waals surface area contributed by atoms with Crippen LogP contribution in [0.5, 0.6) is 11.5 Å². The number of benzene rings is 1. The van der Waals surface area contributed by atoms with Crippen molar-refractivity contribution in [3.8, 4) is 11.5 Å². The lowest BCUT2D eigenvalue weighted by Crippen LogP contribution is -2.39. The molecule has 7 nitrogen and oxygen atoms in total. The van der Waals surface area contributed by atoms with Gasteiger partial charge in [-0.2, -0.15) is 0 Å². The molecular formula is C22H33N3O4. The molecule has 1 heterocycles. The van der Waals surface area contributed by atoms with Gasteiger partial charge in [-0.25, -0.2) is 4.99 Å². The normalized spacial score (nSPS) is 13.6. The molecule has 1 atom stereocenters. The summed E-state index contributed by atoms with van der Waals surface area (Å²) in [5.41, 5.74) is 0.0451. The minimum absolute atomic E-state index is 0.200. The first-order valence-corrected chi connectivity index (χ1v) is 10.1. The number of nitrogens with zero attached hydrogens (tertiary/aromatic N) is 1. The van der Waals surface area contributed by atoms with Crippen molar-refractivity contribution in [2.24, 2.45) is 4.99 Å². The van der Waals surface area contributed by atoms with Gasteiger partial charge >= 0.3 is 0 Å². The molecule has 2 rings (SSSR count). The van der Waals surface area contributed by atoms with Crippen molar-refractivity contribution in [2.75, 3.05) is 33.4 Å². The second kappa shape index (κ2) is 11.4. The number of aryl methyl sites for hydroxylation is 1. The Morgan fingerprint density at radius 3 is 2.69 bits per heavy atom. The predicted octanol–water partition coefficient (Wildman–Crippen LogP) is 3.08. The highest BCUT2D eigenvalue weighted by Gasteiger charge is 2.26. The molecule has 0 fully saturated rings. The van der Waals surface area contributed by atoms with Gasteiger partial charge in [-0.05, 0) is 63.4 Å². The summed E-state index contributed by atoms with van der Waals surface area (Å²) in [6, 6.07) is 9.54. The van der Waals surface area contributed by atoms with Crippen molar-refractivity contribution in [1.29, 1.82) is 0 Å². The number of aliphatic imine (C=N–C) groups is 1. The fraction of sp³-hybridized carbons (Fsp3) is 0.500. The Bertz CT molecular complexity index is 757. The van der Waals surface area contributed by atoms with E-state index in [1.54, 1.807) is 32.4 Å². The van der Waals surface area contributed by atoms with Gasteiger partial charge in [0.25, 0.3) is 0 Å². The largest absolute Gasteiger partial charge is 0.493 e. The van der Waals surface area contributed by atoms with Gasteiger partial charge in [0, 0.05) is 13.1 Å². The van der Waals surface area contributed by atoms with Crippen LogP contribution in [0.25, 0.3) is 0 Å². The summed E-state index contributed by atoms with van der Waals surface area (Å²) in [5.74, 6) is 2.69. The Morgan fingerprint density at radius 2 is 2.03 bits per heavy atom. The first kappa shape index (κ1) is 22.6. The van der Waals surface area contributed by atoms with E-state index in [1.165, 1.54) is 5.56 Å². The van der Waals surface area contributed by atoms with Crippen molar-refractivity contribution in [2.45, 2.75) is 39.2 Å². The minimum atomic E-state index is -1.15. The van der Waals surface area contributed by atoms with E-state index < -0.39 is 5.60 Å². The summed E-state index contributed by atoms with van der Waals surface area (Å²) >= 11 is 0. The van der Waals surface area contributed by atoms with Gasteiger partial charge in [-0.1, -0.05) is 6.07 Å². The molecule has 0 aliphatic heterocycles. The van der Waals surface area contributed by atoms with Crippen molar-refractivity contribution < 1.29 is 19.0 Å². The second-order valence-electron chi connectivity index (χ2n) is 6.89. The van der Waals surface area contributed by atoms with Gasteiger partial charge < -0.3 is 29.6 Å². The van der Waals surface area contributed by atoms with E-state index in [4.69, 9.17) is 13.9 Å². The third kappa shape index (κ3) is 7.02. The number of aliphatic hydroxyl groups is 1. The van der Waals surface area contributed by atoms with Crippen molar-refractivity contribution in [1.82, 2.24) is 10.6 Å². The number of nitrogens with one attached hydrogen (secondary N) is 2. The average molecular weight is 404 g/mol. The zero-order valence-electron chi connectivity index (χ0n) is 17.8. The predicted molar refractivity (Wildman–Crippen MR) is 115 cm³/mol. The summed E-state index contributed by atoms with van der Waals surface area (Å²) < 4.78 is 16.3. The lowest BCUT2D eigenvalue weighted by Gasteiger charge is -2.19. The SMILES string of the molecule is CCNC(=NCC(C)(O)c1ccco1)NCCCc1ccc(OC)c(OCC)c1. The zero-order chi connectivity index (χ0) is 21.1. The zero-order valence-corrected chi connectivity index (χ0v) is 17.8. The molecule has 2 aromatic rings. The Balaban J connectivity index is 1.87. The van der Waals surface area contributed by atoms with Crippen LogP contribution in [0.4, 0.5) is 0 Å². The molecule has 1 unspecified atom stereocenters. The minimum Gasteiger partial charge on any atom is -0.493 e. The molecule has 0 spiro atoms. The first-order valence-electron chi connectivity index (χ1n) is 10.1. The maximum absolute atomic E-state index is 10.5. The Morgan fingerprint density at radius 1 is 1.21 bits per heavy atom. The van der Waals surface area contributed by atoms with E-state index in [0.29, 0.717) is 18.3 Å². The number of ether oxygens (including phenoxy) is 2. The summed E-state index contributed by atoms with van der Waals surface area (Å²) in [6.45, 7) is 7.96. The van der Waals surface area contributed by atoms with E-state index >= 15 is 0 Å². The van der Waals surface area contributed by atoms with Gasteiger partial charge in [0.15, 0.2) is 17.5 Å². The van der Waals surface area contributed by atoms with Crippen LogP contribution in [0, 0.1) is 0 Å². The number of rotatable bonds is 11. The van der Waals surface area contributed by atoms with E-state index in [-0.39, 0.29) is 6.54 Å². The summed E-state index contributed by atoms with van der Waals surface area (Å²) in [5, 5.41) is 17.1. The maximum Gasteiger partial charge on any atom is 0.191 e. The van der Waals surface area contributed by atoms with Crippen LogP contribution >= 0.6 is 0 Å². The molecule has 29 heavy (non-hydrogen) atoms. The molecule has 0 bridgehead atoms. The third-order valence-electron chi connectivity index (χ3n) is 4.40. The fourth-order valence-corrected chi connectivity index (χ4v) is 2.88. The van der Waals surface area contributed by atoms with Crippen LogP contribution in [0.1, 0.15) is 38.5 Å². The van der Waals surface area contributed by atoms with Gasteiger partial charge in [0.1, 0.15) is 11.4 Å². The summed E-state index contributed by atoms with van der Waals surface area (Å²) in [4.78, 5) is 4.49. The Kier molecular flexibility index (Phi) is 8.86. The number of hydrogen-bond donors (Lipinski definition) is 3. The monoisotopic (exact) mass is 403 g/mol. The van der Waals surface area contributed by atoms with E-state index in [0.717, 1.165) is 37.4 Å². The molecule has 0 aliphatic rings. The Hall–Kier alpha value is -2.67. The Labute approximate surface area is 173 Å². The molecule has 1 aromatic carbocycles. The second-order valence-corrected chi connectivity index (χ2v) is 6.89. The number of methoxy groups -OCH3 is 1. The summed E-state index contributed by atoms with van der Waals surface area (Å²) in [6.07, 6.45) is 3.38. The van der Waals surface area contributed by atoms with Crippen LogP contribution in [0.2, 0.25) is 0 Å². The van der Waals surface area contributed by atoms with Crippen LogP contribution in [-0.4, -0.2) is 44.4 Å². The standard InChI is InChI=1S/C22H33N3O4/c1-5-23-21(25-16-22(3,26)20-10-8-14-29-20)24-13-7-9-17-11-12-18(27-4)19(15-17)28-6-2/h8,10-12,14-15,26H,5-7,9,13,16H2,1-4H3,(H2,23,24,25). The van der Waals surface area contributed by atoms with Crippen LogP contribution in [-0.2, 0) is 12.0 Å². The number of guanidine groups is 1. The average Bonchev–Trinajstić information content (AvgIpc) is 3.26. The highest BCUT2D eigenvalue weighted by molar-refractivity contribution is 5.79. The molecule has 160 valence electrons. The smallest absolute Gasteiger partial charge is 0.191 e. The lowest BCUT2D eigenvalue weighted by atomic mass is 10.0. The molecule has 0 radical (unpaired) electrons. The molecule has 0 saturated carbocycles. The van der Waals surface area contributed by atoms with Gasteiger partial charge in [0.05, 0.1) is 26.5 Å². The molecule has 0 aliphatic carbocycles. The van der Waals surface area contributed by atoms with E-state index in [1.807, 2.05) is 26.0 Å². The summed E-state index contributed by atoms with van der Waals surface area (Å²) in [7, 11) is 1.65. The van der Waals surface area contributed by atoms with Crippen molar-refractivity contribution in [3.63, 3.8) is 0 Å².